The van der Waals surface area contributed by atoms with Crippen molar-refractivity contribution < 1.29 is 4.79 Å². The minimum absolute atomic E-state index is 0.185. The van der Waals surface area contributed by atoms with Crippen molar-refractivity contribution in [3.05, 3.63) is 59.5 Å². The molecule has 0 unspecified atom stereocenters. The third-order valence-electron chi connectivity index (χ3n) is 5.74. The predicted octanol–water partition coefficient (Wildman–Crippen LogP) is 4.34. The zero-order valence-electron chi connectivity index (χ0n) is 18.3. The summed E-state index contributed by atoms with van der Waals surface area (Å²) in [7, 11) is 0. The Labute approximate surface area is 174 Å². The molecule has 0 N–H and O–H groups in total. The number of rotatable bonds is 3. The van der Waals surface area contributed by atoms with Gasteiger partial charge in [0.15, 0.2) is 0 Å². The standard InChI is InChI=1S/C22H26N4O.C2H6/c1-16-5-4-6-20(18(16)3)24-9-11-25(12-10-24)22(27)15-26-14-17(2)19-13-23-8-7-21(19)26;1-2/h4-8,13-14H,9-12,15H2,1-3H3;1-2H3. The van der Waals surface area contributed by atoms with Gasteiger partial charge in [0.1, 0.15) is 6.54 Å². The highest BCUT2D eigenvalue weighted by Crippen LogP contribution is 2.24. The average Bonchev–Trinajstić information content (AvgIpc) is 3.07. The lowest BCUT2D eigenvalue weighted by Crippen LogP contribution is -2.49. The quantitative estimate of drug-likeness (QED) is 0.666. The summed E-state index contributed by atoms with van der Waals surface area (Å²) in [4.78, 5) is 21.4. The SMILES string of the molecule is CC.Cc1cccc(N2CCN(C(=O)Cn3cc(C)c4cnccc43)CC2)c1C. The summed E-state index contributed by atoms with van der Waals surface area (Å²) in [5.74, 6) is 0.185. The van der Waals surface area contributed by atoms with Gasteiger partial charge in [-0.2, -0.15) is 0 Å². The van der Waals surface area contributed by atoms with Gasteiger partial charge in [-0.15, -0.1) is 0 Å². The molecule has 3 aromatic rings. The molecule has 5 nitrogen and oxygen atoms in total. The molecular weight excluding hydrogens is 360 g/mol. The molecule has 0 atom stereocenters. The van der Waals surface area contributed by atoms with Crippen molar-refractivity contribution in [3.63, 3.8) is 0 Å². The normalized spacial score (nSPS) is 14.0. The van der Waals surface area contributed by atoms with Crippen molar-refractivity contribution in [1.82, 2.24) is 14.5 Å². The number of pyridine rings is 1. The molecule has 4 rings (SSSR count). The Morgan fingerprint density at radius 3 is 2.45 bits per heavy atom. The molecule has 0 spiro atoms. The van der Waals surface area contributed by atoms with Crippen LogP contribution in [0.25, 0.3) is 10.9 Å². The molecule has 0 saturated carbocycles. The number of piperazine rings is 1. The average molecular weight is 393 g/mol. The first-order valence-corrected chi connectivity index (χ1v) is 10.5. The lowest BCUT2D eigenvalue weighted by atomic mass is 10.1. The number of carbonyl (C=O) groups excluding carboxylic acids is 1. The number of anilines is 1. The second kappa shape index (κ2) is 9.12. The van der Waals surface area contributed by atoms with E-state index in [2.05, 4.69) is 55.1 Å². The highest BCUT2D eigenvalue weighted by Gasteiger charge is 2.23. The number of aryl methyl sites for hydroxylation is 2. The maximum Gasteiger partial charge on any atom is 0.242 e. The first-order chi connectivity index (χ1) is 14.0. The van der Waals surface area contributed by atoms with Crippen molar-refractivity contribution in [2.45, 2.75) is 41.2 Å². The lowest BCUT2D eigenvalue weighted by Gasteiger charge is -2.37. The largest absolute Gasteiger partial charge is 0.368 e. The number of aromatic nitrogens is 2. The van der Waals surface area contributed by atoms with E-state index in [0.717, 1.165) is 42.6 Å². The Bertz CT molecular complexity index is 984. The number of carbonyl (C=O) groups is 1. The van der Waals surface area contributed by atoms with Crippen LogP contribution in [0.5, 0.6) is 0 Å². The topological polar surface area (TPSA) is 41.4 Å². The molecule has 0 bridgehead atoms. The van der Waals surface area contributed by atoms with Gasteiger partial charge in [-0.3, -0.25) is 9.78 Å². The van der Waals surface area contributed by atoms with Crippen LogP contribution >= 0.6 is 0 Å². The van der Waals surface area contributed by atoms with Gasteiger partial charge in [0.2, 0.25) is 5.91 Å². The highest BCUT2D eigenvalue weighted by molar-refractivity contribution is 5.85. The summed E-state index contributed by atoms with van der Waals surface area (Å²) in [6.07, 6.45) is 5.71. The zero-order chi connectivity index (χ0) is 21.0. The Morgan fingerprint density at radius 2 is 1.72 bits per heavy atom. The fraction of sp³-hybridized carbons (Fsp3) is 0.417. The van der Waals surface area contributed by atoms with E-state index in [0.29, 0.717) is 6.54 Å². The van der Waals surface area contributed by atoms with Crippen LogP contribution < -0.4 is 4.90 Å². The maximum absolute atomic E-state index is 12.9. The molecule has 1 aliphatic heterocycles. The van der Waals surface area contributed by atoms with Gasteiger partial charge in [0, 0.05) is 55.8 Å². The van der Waals surface area contributed by atoms with Crippen LogP contribution in [0.1, 0.15) is 30.5 Å². The van der Waals surface area contributed by atoms with Crippen molar-refractivity contribution in [1.29, 1.82) is 0 Å². The van der Waals surface area contributed by atoms with Gasteiger partial charge in [-0.1, -0.05) is 26.0 Å². The van der Waals surface area contributed by atoms with Crippen LogP contribution in [0.4, 0.5) is 5.69 Å². The molecule has 1 amide bonds. The summed E-state index contributed by atoms with van der Waals surface area (Å²) in [6.45, 7) is 14.1. The zero-order valence-corrected chi connectivity index (χ0v) is 18.3. The molecular formula is C24H32N4O. The number of hydrogen-bond donors (Lipinski definition) is 0. The van der Waals surface area contributed by atoms with Crippen LogP contribution in [0.2, 0.25) is 0 Å². The Kier molecular flexibility index (Phi) is 6.57. The fourth-order valence-electron chi connectivity index (χ4n) is 3.97. The van der Waals surface area contributed by atoms with Gasteiger partial charge in [-0.05, 0) is 49.6 Å². The van der Waals surface area contributed by atoms with E-state index in [1.54, 1.807) is 6.20 Å². The number of amides is 1. The van der Waals surface area contributed by atoms with Crippen LogP contribution in [-0.4, -0.2) is 46.5 Å². The third kappa shape index (κ3) is 4.29. The molecule has 154 valence electrons. The first kappa shape index (κ1) is 20.9. The second-order valence-electron chi connectivity index (χ2n) is 7.42. The van der Waals surface area contributed by atoms with E-state index in [9.17, 15) is 4.79 Å². The van der Waals surface area contributed by atoms with Gasteiger partial charge in [0.25, 0.3) is 0 Å². The highest BCUT2D eigenvalue weighted by atomic mass is 16.2. The van der Waals surface area contributed by atoms with Crippen molar-refractivity contribution in [2.75, 3.05) is 31.1 Å². The lowest BCUT2D eigenvalue weighted by molar-refractivity contribution is -0.132. The van der Waals surface area contributed by atoms with Gasteiger partial charge in [0.05, 0.1) is 5.52 Å². The van der Waals surface area contributed by atoms with Gasteiger partial charge >= 0.3 is 0 Å². The first-order valence-electron chi connectivity index (χ1n) is 10.5. The van der Waals surface area contributed by atoms with Crippen molar-refractivity contribution in [2.24, 2.45) is 0 Å². The molecule has 0 radical (unpaired) electrons. The maximum atomic E-state index is 12.9. The minimum atomic E-state index is 0.185. The van der Waals surface area contributed by atoms with Crippen LogP contribution in [0.3, 0.4) is 0 Å². The van der Waals surface area contributed by atoms with E-state index >= 15 is 0 Å². The predicted molar refractivity (Wildman–Crippen MR) is 121 cm³/mol. The van der Waals surface area contributed by atoms with Crippen molar-refractivity contribution in [3.8, 4) is 0 Å². The van der Waals surface area contributed by atoms with Crippen LogP contribution in [0, 0.1) is 20.8 Å². The number of nitrogens with zero attached hydrogens (tertiary/aromatic N) is 4. The molecule has 2 aromatic heterocycles. The summed E-state index contributed by atoms with van der Waals surface area (Å²) in [6, 6.07) is 8.43. The second-order valence-corrected chi connectivity index (χ2v) is 7.42. The molecule has 29 heavy (non-hydrogen) atoms. The Balaban J connectivity index is 0.00000117. The summed E-state index contributed by atoms with van der Waals surface area (Å²) in [5.41, 5.74) is 6.17. The molecule has 1 aliphatic rings. The number of fused-ring (bicyclic) bond motifs is 1. The van der Waals surface area contributed by atoms with Crippen LogP contribution in [-0.2, 0) is 11.3 Å². The molecule has 0 aliphatic carbocycles. The minimum Gasteiger partial charge on any atom is -0.368 e. The van der Waals surface area contributed by atoms with E-state index in [-0.39, 0.29) is 5.91 Å². The summed E-state index contributed by atoms with van der Waals surface area (Å²) in [5, 5.41) is 1.12. The van der Waals surface area contributed by atoms with Crippen molar-refractivity contribution >= 4 is 22.5 Å². The van der Waals surface area contributed by atoms with Gasteiger partial charge in [-0.25, -0.2) is 0 Å². The van der Waals surface area contributed by atoms with E-state index in [1.165, 1.54) is 16.8 Å². The molecule has 1 fully saturated rings. The molecule has 1 aromatic carbocycles. The Hall–Kier alpha value is -2.82. The number of benzene rings is 1. The molecule has 5 heteroatoms. The van der Waals surface area contributed by atoms with Gasteiger partial charge < -0.3 is 14.4 Å². The summed E-state index contributed by atoms with van der Waals surface area (Å²) < 4.78 is 2.05. The fourth-order valence-corrected chi connectivity index (χ4v) is 3.97. The number of hydrogen-bond acceptors (Lipinski definition) is 3. The smallest absolute Gasteiger partial charge is 0.242 e. The van der Waals surface area contributed by atoms with E-state index in [1.807, 2.05) is 35.6 Å². The third-order valence-corrected chi connectivity index (χ3v) is 5.74. The molecule has 1 saturated heterocycles. The van der Waals surface area contributed by atoms with Crippen LogP contribution in [0.15, 0.2) is 42.9 Å². The Morgan fingerprint density at radius 1 is 1.00 bits per heavy atom. The van der Waals surface area contributed by atoms with E-state index in [4.69, 9.17) is 0 Å². The van der Waals surface area contributed by atoms with E-state index < -0.39 is 0 Å². The molecule has 3 heterocycles. The monoisotopic (exact) mass is 392 g/mol. The summed E-state index contributed by atoms with van der Waals surface area (Å²) >= 11 is 0.